The van der Waals surface area contributed by atoms with Crippen LogP contribution in [0.5, 0.6) is 0 Å². The molecule has 0 fully saturated rings. The van der Waals surface area contributed by atoms with E-state index in [2.05, 4.69) is 21.6 Å². The number of aromatic nitrogens is 2. The predicted molar refractivity (Wildman–Crippen MR) is 65.0 cm³/mol. The Morgan fingerprint density at radius 1 is 1.59 bits per heavy atom. The lowest BCUT2D eigenvalue weighted by Gasteiger charge is -2.00. The van der Waals surface area contributed by atoms with Crippen molar-refractivity contribution in [3.63, 3.8) is 0 Å². The van der Waals surface area contributed by atoms with Crippen LogP contribution in [0, 0.1) is 25.2 Å². The summed E-state index contributed by atoms with van der Waals surface area (Å²) in [5.41, 5.74) is 1.89. The average Bonchev–Trinajstić information content (AvgIpc) is 2.89. The summed E-state index contributed by atoms with van der Waals surface area (Å²) in [6, 6.07) is 2.11. The standard InChI is InChI=1S/C11H10N4OS/c1-6-7(2)17-11(9(6)3-12)15-10(16)8-4-13-14-5-8/h4-5H,1-2H3,(H,13,14)(H,15,16). The van der Waals surface area contributed by atoms with Gasteiger partial charge in [-0.05, 0) is 19.4 Å². The summed E-state index contributed by atoms with van der Waals surface area (Å²) in [5, 5.41) is 18.6. The molecule has 0 unspecified atom stereocenters. The van der Waals surface area contributed by atoms with E-state index in [9.17, 15) is 4.79 Å². The number of hydrogen-bond acceptors (Lipinski definition) is 4. The second kappa shape index (κ2) is 4.39. The first-order chi connectivity index (χ1) is 8.13. The van der Waals surface area contributed by atoms with Gasteiger partial charge in [0.15, 0.2) is 0 Å². The van der Waals surface area contributed by atoms with E-state index in [1.807, 2.05) is 13.8 Å². The number of hydrogen-bond donors (Lipinski definition) is 2. The first-order valence-corrected chi connectivity index (χ1v) is 5.75. The minimum Gasteiger partial charge on any atom is -0.312 e. The lowest BCUT2D eigenvalue weighted by atomic mass is 10.2. The Kier molecular flexibility index (Phi) is 2.93. The fourth-order valence-electron chi connectivity index (χ4n) is 1.40. The molecule has 0 aromatic carbocycles. The topological polar surface area (TPSA) is 81.6 Å². The van der Waals surface area contributed by atoms with Crippen LogP contribution in [0.1, 0.15) is 26.4 Å². The van der Waals surface area contributed by atoms with E-state index in [0.29, 0.717) is 16.1 Å². The molecule has 1 amide bonds. The molecule has 0 aliphatic carbocycles. The summed E-state index contributed by atoms with van der Waals surface area (Å²) in [4.78, 5) is 12.8. The smallest absolute Gasteiger partial charge is 0.259 e. The zero-order valence-corrected chi connectivity index (χ0v) is 10.2. The molecule has 0 aliphatic rings. The zero-order valence-electron chi connectivity index (χ0n) is 9.37. The third-order valence-electron chi connectivity index (χ3n) is 2.48. The number of amides is 1. The first-order valence-electron chi connectivity index (χ1n) is 4.93. The van der Waals surface area contributed by atoms with E-state index in [-0.39, 0.29) is 5.91 Å². The second-order valence-electron chi connectivity index (χ2n) is 3.54. The van der Waals surface area contributed by atoms with Gasteiger partial charge in [-0.1, -0.05) is 0 Å². The summed E-state index contributed by atoms with van der Waals surface area (Å²) in [6.45, 7) is 3.80. The Morgan fingerprint density at radius 3 is 2.94 bits per heavy atom. The molecule has 2 aromatic rings. The molecular formula is C11H10N4OS. The fourth-order valence-corrected chi connectivity index (χ4v) is 2.41. The maximum absolute atomic E-state index is 11.8. The van der Waals surface area contributed by atoms with Crippen molar-refractivity contribution < 1.29 is 4.79 Å². The highest BCUT2D eigenvalue weighted by Crippen LogP contribution is 2.31. The van der Waals surface area contributed by atoms with Gasteiger partial charge in [0, 0.05) is 11.1 Å². The monoisotopic (exact) mass is 246 g/mol. The van der Waals surface area contributed by atoms with Gasteiger partial charge in [-0.2, -0.15) is 10.4 Å². The minimum absolute atomic E-state index is 0.267. The molecule has 5 nitrogen and oxygen atoms in total. The molecule has 0 atom stereocenters. The molecule has 2 heterocycles. The summed E-state index contributed by atoms with van der Waals surface area (Å²) in [7, 11) is 0. The number of nitrogens with zero attached hydrogens (tertiary/aromatic N) is 2. The van der Waals surface area contributed by atoms with Gasteiger partial charge < -0.3 is 5.32 Å². The molecule has 2 N–H and O–H groups in total. The van der Waals surface area contributed by atoms with E-state index >= 15 is 0 Å². The zero-order chi connectivity index (χ0) is 12.4. The Balaban J connectivity index is 2.29. The van der Waals surface area contributed by atoms with Crippen LogP contribution in [0.25, 0.3) is 0 Å². The Hall–Kier alpha value is -2.13. The van der Waals surface area contributed by atoms with Crippen LogP contribution in [0.3, 0.4) is 0 Å². The van der Waals surface area contributed by atoms with Crippen molar-refractivity contribution in [3.05, 3.63) is 34.0 Å². The molecule has 0 spiro atoms. The van der Waals surface area contributed by atoms with Crippen LogP contribution in [-0.4, -0.2) is 16.1 Å². The SMILES string of the molecule is Cc1sc(NC(=O)c2cn[nH]c2)c(C#N)c1C. The fraction of sp³-hybridized carbons (Fsp3) is 0.182. The second-order valence-corrected chi connectivity index (χ2v) is 4.77. The van der Waals surface area contributed by atoms with Crippen molar-refractivity contribution in [1.29, 1.82) is 5.26 Å². The lowest BCUT2D eigenvalue weighted by Crippen LogP contribution is -2.10. The Morgan fingerprint density at radius 2 is 2.35 bits per heavy atom. The van der Waals surface area contributed by atoms with Crippen molar-refractivity contribution in [2.75, 3.05) is 5.32 Å². The van der Waals surface area contributed by atoms with Gasteiger partial charge in [-0.25, -0.2) is 0 Å². The molecule has 2 rings (SSSR count). The van der Waals surface area contributed by atoms with Crippen LogP contribution >= 0.6 is 11.3 Å². The number of thiophene rings is 1. The van der Waals surface area contributed by atoms with E-state index in [4.69, 9.17) is 5.26 Å². The van der Waals surface area contributed by atoms with E-state index in [1.54, 1.807) is 0 Å². The molecule has 2 aromatic heterocycles. The maximum Gasteiger partial charge on any atom is 0.259 e. The molecule has 0 aliphatic heterocycles. The largest absolute Gasteiger partial charge is 0.312 e. The highest BCUT2D eigenvalue weighted by atomic mass is 32.1. The van der Waals surface area contributed by atoms with Crippen molar-refractivity contribution in [3.8, 4) is 6.07 Å². The van der Waals surface area contributed by atoms with Crippen LogP contribution in [0.2, 0.25) is 0 Å². The number of rotatable bonds is 2. The Bertz CT molecular complexity index is 592. The van der Waals surface area contributed by atoms with E-state index in [1.165, 1.54) is 23.7 Å². The summed E-state index contributed by atoms with van der Waals surface area (Å²) >= 11 is 1.41. The summed E-state index contributed by atoms with van der Waals surface area (Å²) in [6.07, 6.45) is 2.95. The Labute approximate surface area is 102 Å². The van der Waals surface area contributed by atoms with Gasteiger partial charge in [0.2, 0.25) is 0 Å². The summed E-state index contributed by atoms with van der Waals surface area (Å²) < 4.78 is 0. The number of aromatic amines is 1. The molecule has 0 saturated heterocycles. The molecule has 0 saturated carbocycles. The highest BCUT2D eigenvalue weighted by molar-refractivity contribution is 7.16. The third-order valence-corrected chi connectivity index (χ3v) is 3.61. The van der Waals surface area contributed by atoms with Crippen molar-refractivity contribution in [1.82, 2.24) is 10.2 Å². The first kappa shape index (κ1) is 11.4. The molecule has 86 valence electrons. The normalized spacial score (nSPS) is 9.94. The van der Waals surface area contributed by atoms with Gasteiger partial charge in [0.05, 0.1) is 17.3 Å². The van der Waals surface area contributed by atoms with Crippen LogP contribution in [0.4, 0.5) is 5.00 Å². The molecule has 17 heavy (non-hydrogen) atoms. The van der Waals surface area contributed by atoms with Gasteiger partial charge in [-0.15, -0.1) is 11.3 Å². The third kappa shape index (κ3) is 2.05. The summed E-state index contributed by atoms with van der Waals surface area (Å²) in [5.74, 6) is -0.267. The minimum atomic E-state index is -0.267. The molecular weight excluding hydrogens is 236 g/mol. The van der Waals surface area contributed by atoms with Crippen molar-refractivity contribution >= 4 is 22.2 Å². The van der Waals surface area contributed by atoms with Crippen molar-refractivity contribution in [2.45, 2.75) is 13.8 Å². The number of nitrogens with one attached hydrogen (secondary N) is 2. The van der Waals surface area contributed by atoms with Crippen molar-refractivity contribution in [2.24, 2.45) is 0 Å². The maximum atomic E-state index is 11.8. The number of H-pyrrole nitrogens is 1. The molecule has 6 heteroatoms. The molecule has 0 radical (unpaired) electrons. The van der Waals surface area contributed by atoms with Crippen LogP contribution in [0.15, 0.2) is 12.4 Å². The van der Waals surface area contributed by atoms with Gasteiger partial charge in [-0.3, -0.25) is 9.89 Å². The quantitative estimate of drug-likeness (QED) is 0.852. The molecule has 0 bridgehead atoms. The lowest BCUT2D eigenvalue weighted by molar-refractivity contribution is 0.102. The number of carbonyl (C=O) groups is 1. The average molecular weight is 246 g/mol. The van der Waals surface area contributed by atoms with E-state index in [0.717, 1.165) is 10.4 Å². The van der Waals surface area contributed by atoms with Gasteiger partial charge in [0.1, 0.15) is 11.1 Å². The highest BCUT2D eigenvalue weighted by Gasteiger charge is 2.15. The van der Waals surface area contributed by atoms with Gasteiger partial charge >= 0.3 is 0 Å². The van der Waals surface area contributed by atoms with Crippen LogP contribution < -0.4 is 5.32 Å². The predicted octanol–water partition coefficient (Wildman–Crippen LogP) is 2.21. The number of nitriles is 1. The van der Waals surface area contributed by atoms with Crippen LogP contribution in [-0.2, 0) is 0 Å². The number of aryl methyl sites for hydroxylation is 1. The van der Waals surface area contributed by atoms with E-state index < -0.39 is 0 Å². The number of carbonyl (C=O) groups excluding carboxylic acids is 1. The number of anilines is 1. The van der Waals surface area contributed by atoms with Gasteiger partial charge in [0.25, 0.3) is 5.91 Å².